The van der Waals surface area contributed by atoms with E-state index in [0.717, 1.165) is 11.1 Å². The van der Waals surface area contributed by atoms with Crippen LogP contribution in [-0.2, 0) is 22.7 Å². The van der Waals surface area contributed by atoms with Gasteiger partial charge in [-0.25, -0.2) is 9.59 Å². The van der Waals surface area contributed by atoms with Crippen molar-refractivity contribution < 1.29 is 38.0 Å². The zero-order valence-electron chi connectivity index (χ0n) is 19.5. The highest BCUT2D eigenvalue weighted by molar-refractivity contribution is 5.90. The van der Waals surface area contributed by atoms with Crippen LogP contribution in [0.4, 0.5) is 0 Å². The molecule has 3 rings (SSSR count). The first-order valence-corrected chi connectivity index (χ1v) is 10.3. The third-order valence-electron chi connectivity index (χ3n) is 4.97. The third-order valence-corrected chi connectivity index (χ3v) is 4.97. The molecule has 3 aromatic rings. The van der Waals surface area contributed by atoms with Crippen molar-refractivity contribution in [2.24, 2.45) is 0 Å². The van der Waals surface area contributed by atoms with Crippen LogP contribution in [0, 0.1) is 0 Å². The molecule has 0 atom stereocenters. The molecule has 0 N–H and O–H groups in total. The minimum Gasteiger partial charge on any atom is -0.493 e. The highest BCUT2D eigenvalue weighted by atomic mass is 16.5. The number of ether oxygens (including phenoxy) is 6. The molecule has 0 unspecified atom stereocenters. The number of carbonyl (C=O) groups is 2. The summed E-state index contributed by atoms with van der Waals surface area (Å²) in [5.41, 5.74) is 2.21. The van der Waals surface area contributed by atoms with Crippen molar-refractivity contribution in [3.63, 3.8) is 0 Å². The summed E-state index contributed by atoms with van der Waals surface area (Å²) >= 11 is 0. The van der Waals surface area contributed by atoms with Gasteiger partial charge >= 0.3 is 11.9 Å². The Hall–Kier alpha value is -4.20. The maximum Gasteiger partial charge on any atom is 0.338 e. The molecule has 0 saturated heterocycles. The van der Waals surface area contributed by atoms with Crippen molar-refractivity contribution in [1.29, 1.82) is 0 Å². The van der Waals surface area contributed by atoms with Gasteiger partial charge in [-0.2, -0.15) is 0 Å². The van der Waals surface area contributed by atoms with Crippen molar-refractivity contribution in [3.8, 4) is 23.0 Å². The molecular formula is C26H26O8. The van der Waals surface area contributed by atoms with E-state index in [4.69, 9.17) is 28.4 Å². The minimum atomic E-state index is -0.494. The van der Waals surface area contributed by atoms with Crippen LogP contribution in [0.2, 0.25) is 0 Å². The van der Waals surface area contributed by atoms with Crippen LogP contribution >= 0.6 is 0 Å². The fraction of sp³-hybridized carbons (Fsp3) is 0.231. The monoisotopic (exact) mass is 466 g/mol. The molecule has 0 bridgehead atoms. The van der Waals surface area contributed by atoms with E-state index in [1.54, 1.807) is 42.5 Å². The zero-order chi connectivity index (χ0) is 24.5. The molecule has 0 aliphatic carbocycles. The number of hydrogen-bond donors (Lipinski definition) is 0. The predicted octanol–water partition coefficient (Wildman–Crippen LogP) is 4.44. The molecule has 0 spiro atoms. The van der Waals surface area contributed by atoms with Crippen LogP contribution in [0.1, 0.15) is 31.8 Å². The van der Waals surface area contributed by atoms with E-state index in [1.165, 1.54) is 28.4 Å². The normalized spacial score (nSPS) is 10.2. The Morgan fingerprint density at radius 2 is 0.971 bits per heavy atom. The molecule has 34 heavy (non-hydrogen) atoms. The van der Waals surface area contributed by atoms with E-state index in [-0.39, 0.29) is 13.2 Å². The summed E-state index contributed by atoms with van der Waals surface area (Å²) in [4.78, 5) is 24.9. The first kappa shape index (κ1) is 24.4. The first-order valence-electron chi connectivity index (χ1n) is 10.3. The van der Waals surface area contributed by atoms with Crippen molar-refractivity contribution in [2.75, 3.05) is 28.4 Å². The van der Waals surface area contributed by atoms with Gasteiger partial charge in [-0.1, -0.05) is 18.2 Å². The van der Waals surface area contributed by atoms with E-state index >= 15 is 0 Å². The Morgan fingerprint density at radius 3 is 1.35 bits per heavy atom. The van der Waals surface area contributed by atoms with Crippen LogP contribution in [0.15, 0.2) is 60.7 Å². The first-order chi connectivity index (χ1) is 16.5. The number of esters is 2. The molecular weight excluding hydrogens is 440 g/mol. The fourth-order valence-electron chi connectivity index (χ4n) is 3.20. The van der Waals surface area contributed by atoms with Crippen molar-refractivity contribution in [3.05, 3.63) is 82.9 Å². The lowest BCUT2D eigenvalue weighted by molar-refractivity contribution is 0.0471. The fourth-order valence-corrected chi connectivity index (χ4v) is 3.20. The second-order valence-corrected chi connectivity index (χ2v) is 7.11. The van der Waals surface area contributed by atoms with Crippen molar-refractivity contribution >= 4 is 11.9 Å². The predicted molar refractivity (Wildman–Crippen MR) is 124 cm³/mol. The third kappa shape index (κ3) is 5.98. The summed E-state index contributed by atoms with van der Waals surface area (Å²) < 4.78 is 31.6. The summed E-state index contributed by atoms with van der Waals surface area (Å²) in [6.45, 7) is 0.120. The Kier molecular flexibility index (Phi) is 8.34. The van der Waals surface area contributed by atoms with Crippen LogP contribution in [-0.4, -0.2) is 40.4 Å². The van der Waals surface area contributed by atoms with E-state index < -0.39 is 11.9 Å². The van der Waals surface area contributed by atoms with E-state index in [0.29, 0.717) is 34.1 Å². The topological polar surface area (TPSA) is 89.5 Å². The lowest BCUT2D eigenvalue weighted by Gasteiger charge is -2.11. The molecule has 3 aromatic carbocycles. The number of methoxy groups -OCH3 is 4. The summed E-state index contributed by atoms with van der Waals surface area (Å²) in [6.07, 6.45) is 0. The number of benzene rings is 3. The molecule has 8 nitrogen and oxygen atoms in total. The van der Waals surface area contributed by atoms with Crippen LogP contribution in [0.25, 0.3) is 0 Å². The largest absolute Gasteiger partial charge is 0.493 e. The van der Waals surface area contributed by atoms with Gasteiger partial charge in [0.15, 0.2) is 23.0 Å². The smallest absolute Gasteiger partial charge is 0.338 e. The van der Waals surface area contributed by atoms with Gasteiger partial charge in [0.1, 0.15) is 13.2 Å². The Bertz CT molecular complexity index is 1070. The number of carbonyl (C=O) groups excluding carboxylic acids is 2. The molecule has 0 aliphatic heterocycles. The lowest BCUT2D eigenvalue weighted by atomic mass is 10.1. The molecule has 0 aliphatic rings. The molecule has 0 heterocycles. The summed E-state index contributed by atoms with van der Waals surface area (Å²) in [6, 6.07) is 16.9. The summed E-state index contributed by atoms with van der Waals surface area (Å²) in [5, 5.41) is 0. The van der Waals surface area contributed by atoms with Gasteiger partial charge in [-0.05, 0) is 53.6 Å². The van der Waals surface area contributed by atoms with Crippen LogP contribution < -0.4 is 18.9 Å². The van der Waals surface area contributed by atoms with E-state index in [1.807, 2.05) is 18.2 Å². The van der Waals surface area contributed by atoms with Crippen molar-refractivity contribution in [2.45, 2.75) is 13.2 Å². The molecule has 0 aromatic heterocycles. The number of rotatable bonds is 10. The molecule has 0 amide bonds. The van der Waals surface area contributed by atoms with Gasteiger partial charge in [-0.15, -0.1) is 0 Å². The lowest BCUT2D eigenvalue weighted by Crippen LogP contribution is -2.07. The Balaban J connectivity index is 1.59. The highest BCUT2D eigenvalue weighted by Crippen LogP contribution is 2.29. The minimum absolute atomic E-state index is 0.0602. The summed E-state index contributed by atoms with van der Waals surface area (Å²) in [5.74, 6) is 0.937. The number of hydrogen-bond acceptors (Lipinski definition) is 8. The second-order valence-electron chi connectivity index (χ2n) is 7.11. The van der Waals surface area contributed by atoms with E-state index in [9.17, 15) is 9.59 Å². The summed E-state index contributed by atoms with van der Waals surface area (Å²) in [7, 11) is 6.04. The SMILES string of the molecule is COc1ccc(C(=O)OCc2cccc(COC(=O)c3ccc(OC)c(OC)c3)c2)cc1OC. The van der Waals surface area contributed by atoms with Crippen molar-refractivity contribution in [1.82, 2.24) is 0 Å². The van der Waals surface area contributed by atoms with E-state index in [2.05, 4.69) is 0 Å². The van der Waals surface area contributed by atoms with Gasteiger partial charge in [0.05, 0.1) is 39.6 Å². The van der Waals surface area contributed by atoms with Crippen LogP contribution in [0.5, 0.6) is 23.0 Å². The quantitative estimate of drug-likeness (QED) is 0.405. The second kappa shape index (κ2) is 11.6. The average Bonchev–Trinajstić information content (AvgIpc) is 2.89. The standard InChI is InChI=1S/C26H26O8/c1-29-21-10-8-19(13-23(21)31-3)25(27)33-15-17-6-5-7-18(12-17)16-34-26(28)20-9-11-22(30-2)24(14-20)32-4/h5-14H,15-16H2,1-4H3. The molecule has 0 radical (unpaired) electrons. The Labute approximate surface area is 197 Å². The Morgan fingerprint density at radius 1 is 0.559 bits per heavy atom. The maximum atomic E-state index is 12.4. The zero-order valence-corrected chi connectivity index (χ0v) is 19.5. The molecule has 178 valence electrons. The highest BCUT2D eigenvalue weighted by Gasteiger charge is 2.14. The average molecular weight is 466 g/mol. The van der Waals surface area contributed by atoms with Gasteiger partial charge in [0.25, 0.3) is 0 Å². The maximum absolute atomic E-state index is 12.4. The molecule has 8 heteroatoms. The van der Waals surface area contributed by atoms with Gasteiger partial charge in [0.2, 0.25) is 0 Å². The van der Waals surface area contributed by atoms with Crippen LogP contribution in [0.3, 0.4) is 0 Å². The van der Waals surface area contributed by atoms with Gasteiger partial charge in [0, 0.05) is 0 Å². The van der Waals surface area contributed by atoms with Gasteiger partial charge in [-0.3, -0.25) is 0 Å². The van der Waals surface area contributed by atoms with Gasteiger partial charge < -0.3 is 28.4 Å². The molecule has 0 fully saturated rings. The molecule has 0 saturated carbocycles.